The second kappa shape index (κ2) is 8.54. The van der Waals surface area contributed by atoms with Gasteiger partial charge in [0.2, 0.25) is 0 Å². The molecular weight excluding hydrogens is 312 g/mol. The van der Waals surface area contributed by atoms with Crippen LogP contribution in [0.2, 0.25) is 0 Å². The summed E-state index contributed by atoms with van der Waals surface area (Å²) in [5.41, 5.74) is 1.09. The molecular formula is C17H24N2O5. The molecule has 7 heteroatoms. The molecule has 1 aromatic rings. The molecule has 1 aliphatic rings. The Bertz CT molecular complexity index is 582. The van der Waals surface area contributed by atoms with E-state index in [1.54, 1.807) is 18.2 Å². The number of benzene rings is 1. The molecule has 132 valence electrons. The minimum absolute atomic E-state index is 0.0925. The Labute approximate surface area is 141 Å². The number of esters is 1. The number of aliphatic hydroxyl groups excluding tert-OH is 1. The first kappa shape index (κ1) is 18.1. The monoisotopic (exact) mass is 336 g/mol. The molecule has 0 unspecified atom stereocenters. The van der Waals surface area contributed by atoms with E-state index in [0.717, 1.165) is 18.4 Å². The number of nitrogens with one attached hydrogen (secondary N) is 2. The second-order valence-corrected chi connectivity index (χ2v) is 5.86. The topological polar surface area (TPSA) is 96.9 Å². The number of carbonyl (C=O) groups is 2. The van der Waals surface area contributed by atoms with Crippen molar-refractivity contribution < 1.29 is 24.2 Å². The van der Waals surface area contributed by atoms with Crippen LogP contribution in [0.3, 0.4) is 0 Å². The van der Waals surface area contributed by atoms with Crippen LogP contribution in [0.5, 0.6) is 5.75 Å². The summed E-state index contributed by atoms with van der Waals surface area (Å²) >= 11 is 0. The molecule has 1 aliphatic carbocycles. The van der Waals surface area contributed by atoms with Crippen LogP contribution in [-0.2, 0) is 11.3 Å². The number of amides is 2. The van der Waals surface area contributed by atoms with E-state index >= 15 is 0 Å². The molecule has 1 fully saturated rings. The molecule has 0 aromatic heterocycles. The lowest BCUT2D eigenvalue weighted by Crippen LogP contribution is -2.43. The van der Waals surface area contributed by atoms with Gasteiger partial charge in [-0.05, 0) is 43.4 Å². The first-order chi connectivity index (χ1) is 11.5. The quantitative estimate of drug-likeness (QED) is 0.710. The average Bonchev–Trinajstić information content (AvgIpc) is 2.61. The summed E-state index contributed by atoms with van der Waals surface area (Å²) in [6.07, 6.45) is 2.74. The highest BCUT2D eigenvalue weighted by Crippen LogP contribution is 2.21. The number of hydrogen-bond acceptors (Lipinski definition) is 5. The maximum Gasteiger partial charge on any atom is 0.341 e. The third kappa shape index (κ3) is 4.86. The highest BCUT2D eigenvalue weighted by Gasteiger charge is 2.20. The Morgan fingerprint density at radius 3 is 2.54 bits per heavy atom. The first-order valence-electron chi connectivity index (χ1n) is 8.01. The highest BCUT2D eigenvalue weighted by atomic mass is 16.5. The van der Waals surface area contributed by atoms with Gasteiger partial charge in [-0.15, -0.1) is 0 Å². The smallest absolute Gasteiger partial charge is 0.341 e. The minimum atomic E-state index is -0.487. The Kier molecular flexibility index (Phi) is 6.43. The van der Waals surface area contributed by atoms with Gasteiger partial charge in [-0.1, -0.05) is 6.07 Å². The lowest BCUT2D eigenvalue weighted by molar-refractivity contribution is 0.0597. The van der Waals surface area contributed by atoms with E-state index in [1.807, 2.05) is 0 Å². The third-order valence-corrected chi connectivity index (χ3v) is 4.15. The zero-order chi connectivity index (χ0) is 17.5. The fraction of sp³-hybridized carbons (Fsp3) is 0.529. The number of ether oxygens (including phenoxy) is 2. The van der Waals surface area contributed by atoms with Crippen LogP contribution in [-0.4, -0.2) is 43.5 Å². The van der Waals surface area contributed by atoms with Gasteiger partial charge in [0, 0.05) is 12.6 Å². The van der Waals surface area contributed by atoms with E-state index in [-0.39, 0.29) is 24.7 Å². The van der Waals surface area contributed by atoms with Crippen LogP contribution in [0.25, 0.3) is 0 Å². The number of aliphatic hydroxyl groups is 1. The highest BCUT2D eigenvalue weighted by molar-refractivity contribution is 5.92. The predicted molar refractivity (Wildman–Crippen MR) is 88.0 cm³/mol. The largest absolute Gasteiger partial charge is 0.496 e. The van der Waals surface area contributed by atoms with E-state index < -0.39 is 5.97 Å². The molecule has 7 nitrogen and oxygen atoms in total. The minimum Gasteiger partial charge on any atom is -0.496 e. The van der Waals surface area contributed by atoms with Crippen LogP contribution in [0.4, 0.5) is 4.79 Å². The molecule has 1 saturated carbocycles. The normalized spacial score (nSPS) is 20.1. The average molecular weight is 336 g/mol. The van der Waals surface area contributed by atoms with E-state index in [4.69, 9.17) is 9.47 Å². The van der Waals surface area contributed by atoms with Crippen LogP contribution in [0.1, 0.15) is 41.6 Å². The Balaban J connectivity index is 1.89. The molecule has 0 radical (unpaired) electrons. The summed E-state index contributed by atoms with van der Waals surface area (Å²) < 4.78 is 9.87. The first-order valence-corrected chi connectivity index (χ1v) is 8.01. The van der Waals surface area contributed by atoms with Gasteiger partial charge in [0.15, 0.2) is 0 Å². The molecule has 0 atom stereocenters. The van der Waals surface area contributed by atoms with E-state index in [2.05, 4.69) is 10.6 Å². The molecule has 0 aliphatic heterocycles. The number of hydrogen-bond donors (Lipinski definition) is 3. The van der Waals surface area contributed by atoms with Gasteiger partial charge in [0.1, 0.15) is 11.3 Å². The van der Waals surface area contributed by atoms with Gasteiger partial charge in [-0.3, -0.25) is 0 Å². The predicted octanol–water partition coefficient (Wildman–Crippen LogP) is 1.58. The van der Waals surface area contributed by atoms with Crippen molar-refractivity contribution in [3.8, 4) is 5.75 Å². The van der Waals surface area contributed by atoms with E-state index in [9.17, 15) is 14.7 Å². The summed E-state index contributed by atoms with van der Waals surface area (Å²) in [5, 5.41) is 15.1. The Morgan fingerprint density at radius 2 is 1.92 bits per heavy atom. The van der Waals surface area contributed by atoms with Crippen LogP contribution >= 0.6 is 0 Å². The van der Waals surface area contributed by atoms with Crippen molar-refractivity contribution in [2.75, 3.05) is 14.2 Å². The van der Waals surface area contributed by atoms with Gasteiger partial charge >= 0.3 is 12.0 Å². The Morgan fingerprint density at radius 1 is 1.21 bits per heavy atom. The lowest BCUT2D eigenvalue weighted by Gasteiger charge is -2.26. The van der Waals surface area contributed by atoms with Gasteiger partial charge < -0.3 is 25.2 Å². The van der Waals surface area contributed by atoms with Crippen molar-refractivity contribution in [3.63, 3.8) is 0 Å². The van der Waals surface area contributed by atoms with E-state index in [0.29, 0.717) is 24.2 Å². The summed E-state index contributed by atoms with van der Waals surface area (Å²) in [6, 6.07) is 4.93. The van der Waals surface area contributed by atoms with Gasteiger partial charge in [0.25, 0.3) is 0 Å². The summed E-state index contributed by atoms with van der Waals surface area (Å²) in [5.74, 6) is -0.0604. The zero-order valence-electron chi connectivity index (χ0n) is 14.0. The molecule has 2 amide bonds. The third-order valence-electron chi connectivity index (χ3n) is 4.15. The standard InChI is InChI=1S/C17H24N2O5/c1-23-15-8-3-11(9-14(15)16(21)24-2)10-18-17(22)19-12-4-6-13(20)7-5-12/h3,8-9,12-13,20H,4-7,10H2,1-2H3,(H2,18,19,22). The fourth-order valence-corrected chi connectivity index (χ4v) is 2.77. The van der Waals surface area contributed by atoms with Crippen molar-refractivity contribution in [1.82, 2.24) is 10.6 Å². The van der Waals surface area contributed by atoms with Crippen molar-refractivity contribution >= 4 is 12.0 Å². The summed E-state index contributed by atoms with van der Waals surface area (Å²) in [4.78, 5) is 23.7. The molecule has 1 aromatic carbocycles. The van der Waals surface area contributed by atoms with Gasteiger partial charge in [0.05, 0.1) is 20.3 Å². The molecule has 3 N–H and O–H groups in total. The molecule has 0 saturated heterocycles. The molecule has 0 spiro atoms. The molecule has 0 bridgehead atoms. The lowest BCUT2D eigenvalue weighted by atomic mass is 9.93. The molecule has 0 heterocycles. The molecule has 24 heavy (non-hydrogen) atoms. The maximum absolute atomic E-state index is 12.0. The number of rotatable bonds is 5. The SMILES string of the molecule is COC(=O)c1cc(CNC(=O)NC2CCC(O)CC2)ccc1OC. The van der Waals surface area contributed by atoms with Crippen molar-refractivity contribution in [2.24, 2.45) is 0 Å². The van der Waals surface area contributed by atoms with Crippen molar-refractivity contribution in [2.45, 2.75) is 44.4 Å². The second-order valence-electron chi connectivity index (χ2n) is 5.86. The van der Waals surface area contributed by atoms with Crippen LogP contribution in [0.15, 0.2) is 18.2 Å². The number of methoxy groups -OCH3 is 2. The Hall–Kier alpha value is -2.28. The van der Waals surface area contributed by atoms with Crippen molar-refractivity contribution in [3.05, 3.63) is 29.3 Å². The molecule has 2 rings (SSSR count). The maximum atomic E-state index is 12.0. The van der Waals surface area contributed by atoms with Gasteiger partial charge in [-0.25, -0.2) is 9.59 Å². The number of urea groups is 1. The van der Waals surface area contributed by atoms with Crippen LogP contribution < -0.4 is 15.4 Å². The summed E-state index contributed by atoms with van der Waals surface area (Å²) in [7, 11) is 2.79. The number of carbonyl (C=O) groups excluding carboxylic acids is 2. The van der Waals surface area contributed by atoms with Crippen molar-refractivity contribution in [1.29, 1.82) is 0 Å². The van der Waals surface area contributed by atoms with Gasteiger partial charge in [-0.2, -0.15) is 0 Å². The summed E-state index contributed by atoms with van der Waals surface area (Å²) in [6.45, 7) is 0.287. The van der Waals surface area contributed by atoms with Crippen LogP contribution in [0, 0.1) is 0 Å². The zero-order valence-corrected chi connectivity index (χ0v) is 14.0. The van der Waals surface area contributed by atoms with E-state index in [1.165, 1.54) is 14.2 Å². The fourth-order valence-electron chi connectivity index (χ4n) is 2.77.